The zero-order valence-corrected chi connectivity index (χ0v) is 11.5. The van der Waals surface area contributed by atoms with Crippen molar-refractivity contribution in [2.45, 2.75) is 19.4 Å². The van der Waals surface area contributed by atoms with Gasteiger partial charge < -0.3 is 5.73 Å². The molecule has 0 radical (unpaired) electrons. The summed E-state index contributed by atoms with van der Waals surface area (Å²) in [5, 5.41) is 1.29. The molecule has 0 aliphatic rings. The van der Waals surface area contributed by atoms with Crippen LogP contribution in [0, 0.1) is 6.92 Å². The maximum absolute atomic E-state index is 6.19. The molecule has 2 nitrogen and oxygen atoms in total. The Labute approximate surface area is 117 Å². The second-order valence-corrected chi connectivity index (χ2v) is 5.03. The summed E-state index contributed by atoms with van der Waals surface area (Å²) < 4.78 is 0. The average molecular weight is 281 g/mol. The molecular weight excluding hydrogens is 267 g/mol. The first-order valence-electron chi connectivity index (χ1n) is 5.69. The SMILES string of the molecule is Cc1cccnc1C(N)Cc1c(Cl)cccc1Cl. The van der Waals surface area contributed by atoms with Crippen molar-refractivity contribution in [3.63, 3.8) is 0 Å². The average Bonchev–Trinajstić information content (AvgIpc) is 2.34. The van der Waals surface area contributed by atoms with E-state index in [1.807, 2.05) is 37.3 Å². The predicted molar refractivity (Wildman–Crippen MR) is 76.1 cm³/mol. The molecule has 94 valence electrons. The molecule has 2 aromatic rings. The van der Waals surface area contributed by atoms with Crippen LogP contribution in [0.1, 0.15) is 22.9 Å². The van der Waals surface area contributed by atoms with Crippen LogP contribution in [0.4, 0.5) is 0 Å². The Morgan fingerprint density at radius 1 is 1.17 bits per heavy atom. The number of aryl methyl sites for hydroxylation is 1. The van der Waals surface area contributed by atoms with E-state index in [0.717, 1.165) is 16.8 Å². The number of nitrogens with two attached hydrogens (primary N) is 1. The van der Waals surface area contributed by atoms with E-state index in [-0.39, 0.29) is 6.04 Å². The molecule has 1 unspecified atom stereocenters. The van der Waals surface area contributed by atoms with Gasteiger partial charge in [-0.25, -0.2) is 0 Å². The van der Waals surface area contributed by atoms with Gasteiger partial charge in [0.15, 0.2) is 0 Å². The summed E-state index contributed by atoms with van der Waals surface area (Å²) in [4.78, 5) is 4.32. The van der Waals surface area contributed by atoms with Crippen molar-refractivity contribution in [3.8, 4) is 0 Å². The summed E-state index contributed by atoms with van der Waals surface area (Å²) >= 11 is 12.3. The van der Waals surface area contributed by atoms with Gasteiger partial charge in [-0.3, -0.25) is 4.98 Å². The molecule has 1 aromatic heterocycles. The second kappa shape index (κ2) is 5.70. The molecule has 0 saturated heterocycles. The molecule has 0 aliphatic heterocycles. The Balaban J connectivity index is 2.27. The summed E-state index contributed by atoms with van der Waals surface area (Å²) in [7, 11) is 0. The van der Waals surface area contributed by atoms with Crippen LogP contribution in [0.3, 0.4) is 0 Å². The molecular formula is C14H14Cl2N2. The number of hydrogen-bond donors (Lipinski definition) is 1. The number of pyridine rings is 1. The first kappa shape index (κ1) is 13.3. The van der Waals surface area contributed by atoms with Crippen molar-refractivity contribution in [2.75, 3.05) is 0 Å². The third-order valence-electron chi connectivity index (χ3n) is 2.89. The van der Waals surface area contributed by atoms with Gasteiger partial charge in [0.25, 0.3) is 0 Å². The number of halogens is 2. The minimum Gasteiger partial charge on any atom is -0.322 e. The highest BCUT2D eigenvalue weighted by Crippen LogP contribution is 2.28. The molecule has 4 heteroatoms. The molecule has 2 N–H and O–H groups in total. The van der Waals surface area contributed by atoms with Gasteiger partial charge in [0.05, 0.1) is 11.7 Å². The minimum absolute atomic E-state index is 0.205. The highest BCUT2D eigenvalue weighted by Gasteiger charge is 2.14. The van der Waals surface area contributed by atoms with Crippen LogP contribution in [0.2, 0.25) is 10.0 Å². The van der Waals surface area contributed by atoms with Gasteiger partial charge in [-0.2, -0.15) is 0 Å². The van der Waals surface area contributed by atoms with Crippen LogP contribution < -0.4 is 5.73 Å². The largest absolute Gasteiger partial charge is 0.322 e. The molecule has 1 aromatic carbocycles. The van der Waals surface area contributed by atoms with E-state index in [9.17, 15) is 0 Å². The fraction of sp³-hybridized carbons (Fsp3) is 0.214. The van der Waals surface area contributed by atoms with E-state index in [4.69, 9.17) is 28.9 Å². The van der Waals surface area contributed by atoms with Crippen molar-refractivity contribution in [1.29, 1.82) is 0 Å². The number of rotatable bonds is 3. The maximum Gasteiger partial charge on any atom is 0.0603 e. The summed E-state index contributed by atoms with van der Waals surface area (Å²) in [5.74, 6) is 0. The Kier molecular flexibility index (Phi) is 4.23. The van der Waals surface area contributed by atoms with Gasteiger partial charge in [-0.15, -0.1) is 0 Å². The predicted octanol–water partition coefficient (Wildman–Crippen LogP) is 3.94. The highest BCUT2D eigenvalue weighted by atomic mass is 35.5. The summed E-state index contributed by atoms with van der Waals surface area (Å²) in [5.41, 5.74) is 9.02. The maximum atomic E-state index is 6.19. The molecule has 1 atom stereocenters. The molecule has 0 spiro atoms. The van der Waals surface area contributed by atoms with Crippen molar-refractivity contribution in [3.05, 3.63) is 63.4 Å². The van der Waals surface area contributed by atoms with E-state index < -0.39 is 0 Å². The third-order valence-corrected chi connectivity index (χ3v) is 3.60. The van der Waals surface area contributed by atoms with Crippen LogP contribution in [0.15, 0.2) is 36.5 Å². The zero-order valence-electron chi connectivity index (χ0n) is 10.0. The van der Waals surface area contributed by atoms with E-state index in [1.165, 1.54) is 0 Å². The minimum atomic E-state index is -0.205. The van der Waals surface area contributed by atoms with Gasteiger partial charge >= 0.3 is 0 Å². The summed E-state index contributed by atoms with van der Waals surface area (Å²) in [6.45, 7) is 2.00. The van der Waals surface area contributed by atoms with Crippen LogP contribution >= 0.6 is 23.2 Å². The highest BCUT2D eigenvalue weighted by molar-refractivity contribution is 6.36. The number of hydrogen-bond acceptors (Lipinski definition) is 2. The number of nitrogens with zero attached hydrogens (tertiary/aromatic N) is 1. The second-order valence-electron chi connectivity index (χ2n) is 4.22. The number of benzene rings is 1. The molecule has 0 fully saturated rings. The van der Waals surface area contributed by atoms with Crippen molar-refractivity contribution < 1.29 is 0 Å². The first-order chi connectivity index (χ1) is 8.59. The van der Waals surface area contributed by atoms with E-state index in [2.05, 4.69) is 4.98 Å². The topological polar surface area (TPSA) is 38.9 Å². The molecule has 18 heavy (non-hydrogen) atoms. The van der Waals surface area contributed by atoms with Crippen LogP contribution in [0.5, 0.6) is 0 Å². The Bertz CT molecular complexity index is 535. The smallest absolute Gasteiger partial charge is 0.0603 e. The molecule has 2 rings (SSSR count). The fourth-order valence-electron chi connectivity index (χ4n) is 1.93. The zero-order chi connectivity index (χ0) is 13.1. The van der Waals surface area contributed by atoms with Gasteiger partial charge in [0.1, 0.15) is 0 Å². The van der Waals surface area contributed by atoms with Crippen LogP contribution in [-0.2, 0) is 6.42 Å². The van der Waals surface area contributed by atoms with Crippen molar-refractivity contribution >= 4 is 23.2 Å². The van der Waals surface area contributed by atoms with Gasteiger partial charge in [0, 0.05) is 16.2 Å². The van der Waals surface area contributed by atoms with Crippen molar-refractivity contribution in [1.82, 2.24) is 4.98 Å². The number of aromatic nitrogens is 1. The third kappa shape index (κ3) is 2.83. The summed E-state index contributed by atoms with van der Waals surface area (Å²) in [6, 6.07) is 9.15. The Morgan fingerprint density at radius 2 is 1.83 bits per heavy atom. The Hall–Kier alpha value is -1.09. The first-order valence-corrected chi connectivity index (χ1v) is 6.45. The lowest BCUT2D eigenvalue weighted by atomic mass is 10.0. The molecule has 0 saturated carbocycles. The summed E-state index contributed by atoms with van der Waals surface area (Å²) in [6.07, 6.45) is 2.33. The molecule has 1 heterocycles. The fourth-order valence-corrected chi connectivity index (χ4v) is 2.48. The van der Waals surface area contributed by atoms with E-state index in [0.29, 0.717) is 16.5 Å². The van der Waals surface area contributed by atoms with E-state index in [1.54, 1.807) is 6.20 Å². The monoisotopic (exact) mass is 280 g/mol. The lowest BCUT2D eigenvalue weighted by Crippen LogP contribution is -2.16. The van der Waals surface area contributed by atoms with Gasteiger partial charge in [-0.05, 0) is 42.7 Å². The lowest BCUT2D eigenvalue weighted by Gasteiger charge is -2.15. The van der Waals surface area contributed by atoms with E-state index >= 15 is 0 Å². The lowest BCUT2D eigenvalue weighted by molar-refractivity contribution is 0.690. The van der Waals surface area contributed by atoms with Crippen LogP contribution in [0.25, 0.3) is 0 Å². The van der Waals surface area contributed by atoms with Crippen molar-refractivity contribution in [2.24, 2.45) is 5.73 Å². The molecule has 0 aliphatic carbocycles. The quantitative estimate of drug-likeness (QED) is 0.925. The Morgan fingerprint density at radius 3 is 2.44 bits per heavy atom. The standard InChI is InChI=1S/C14H14Cl2N2/c1-9-4-3-7-18-14(9)13(17)8-10-11(15)5-2-6-12(10)16/h2-7,13H,8,17H2,1H3. The van der Waals surface area contributed by atoms with Gasteiger partial charge in [0.2, 0.25) is 0 Å². The van der Waals surface area contributed by atoms with Gasteiger partial charge in [-0.1, -0.05) is 35.3 Å². The van der Waals surface area contributed by atoms with Crippen LogP contribution in [-0.4, -0.2) is 4.98 Å². The normalized spacial score (nSPS) is 12.4. The molecule has 0 amide bonds. The molecule has 0 bridgehead atoms.